The van der Waals surface area contributed by atoms with Gasteiger partial charge in [-0.3, -0.25) is 9.59 Å². The second-order valence-electron chi connectivity index (χ2n) is 7.38. The molecule has 0 aromatic heterocycles. The number of benzene rings is 1. The summed E-state index contributed by atoms with van der Waals surface area (Å²) in [6.45, 7) is 4.14. The van der Waals surface area contributed by atoms with Crippen LogP contribution in [0.3, 0.4) is 0 Å². The van der Waals surface area contributed by atoms with E-state index in [1.165, 1.54) is 4.90 Å². The fourth-order valence-electron chi connectivity index (χ4n) is 3.34. The third-order valence-electron chi connectivity index (χ3n) is 5.13. The average molecular weight is 376 g/mol. The number of likely N-dealkylation sites (N-methyl/N-ethyl adjacent to an activating group) is 1. The molecule has 6 heteroatoms. The van der Waals surface area contributed by atoms with E-state index in [0.717, 1.165) is 44.3 Å². The van der Waals surface area contributed by atoms with Gasteiger partial charge in [-0.1, -0.05) is 25.1 Å². The zero-order valence-corrected chi connectivity index (χ0v) is 16.8. The van der Waals surface area contributed by atoms with Crippen molar-refractivity contribution in [3.63, 3.8) is 0 Å². The van der Waals surface area contributed by atoms with Crippen LogP contribution in [0.1, 0.15) is 50.6 Å². The van der Waals surface area contributed by atoms with E-state index in [0.29, 0.717) is 18.1 Å². The molecule has 0 radical (unpaired) electrons. The number of hydrogen-bond donors (Lipinski definition) is 2. The average Bonchev–Trinajstić information content (AvgIpc) is 2.69. The smallest absolute Gasteiger partial charge is 0.259 e. The highest BCUT2D eigenvalue weighted by Gasteiger charge is 2.19. The number of nitrogens with one attached hydrogen (secondary N) is 2. The van der Waals surface area contributed by atoms with Gasteiger partial charge in [0.05, 0.1) is 6.04 Å². The van der Waals surface area contributed by atoms with Crippen molar-refractivity contribution in [1.82, 2.24) is 15.5 Å². The topological polar surface area (TPSA) is 70.7 Å². The Morgan fingerprint density at radius 2 is 1.96 bits per heavy atom. The van der Waals surface area contributed by atoms with Gasteiger partial charge in [-0.05, 0) is 50.8 Å². The van der Waals surface area contributed by atoms with Crippen molar-refractivity contribution < 1.29 is 14.3 Å². The van der Waals surface area contributed by atoms with Crippen LogP contribution in [0, 0.1) is 5.92 Å². The monoisotopic (exact) mass is 375 g/mol. The molecule has 0 aliphatic carbocycles. The van der Waals surface area contributed by atoms with E-state index < -0.39 is 0 Å². The fourth-order valence-corrected chi connectivity index (χ4v) is 3.34. The Bertz CT molecular complexity index is 612. The zero-order valence-electron chi connectivity index (χ0n) is 16.8. The molecule has 0 saturated carbocycles. The van der Waals surface area contributed by atoms with Gasteiger partial charge in [-0.2, -0.15) is 0 Å². The number of amides is 2. The largest absolute Gasteiger partial charge is 0.483 e. The highest BCUT2D eigenvalue weighted by atomic mass is 16.5. The van der Waals surface area contributed by atoms with E-state index in [-0.39, 0.29) is 24.5 Å². The molecule has 1 aromatic rings. The quantitative estimate of drug-likeness (QED) is 0.696. The molecule has 1 aliphatic heterocycles. The van der Waals surface area contributed by atoms with Crippen molar-refractivity contribution in [3.05, 3.63) is 29.8 Å². The number of hydrogen-bond acceptors (Lipinski definition) is 4. The number of rotatable bonds is 9. The molecule has 1 fully saturated rings. The van der Waals surface area contributed by atoms with E-state index in [1.54, 1.807) is 14.1 Å². The van der Waals surface area contributed by atoms with Gasteiger partial charge in [0.25, 0.3) is 5.91 Å². The Hall–Kier alpha value is -2.08. The Kier molecular flexibility index (Phi) is 8.58. The van der Waals surface area contributed by atoms with E-state index in [1.807, 2.05) is 31.2 Å². The lowest BCUT2D eigenvalue weighted by Gasteiger charge is -2.24. The zero-order chi connectivity index (χ0) is 19.6. The molecule has 2 N–H and O–H groups in total. The first-order chi connectivity index (χ1) is 13.0. The van der Waals surface area contributed by atoms with Gasteiger partial charge in [0.15, 0.2) is 6.61 Å². The van der Waals surface area contributed by atoms with Gasteiger partial charge in [-0.25, -0.2) is 0 Å². The summed E-state index contributed by atoms with van der Waals surface area (Å²) in [6, 6.07) is 7.50. The summed E-state index contributed by atoms with van der Waals surface area (Å²) < 4.78 is 5.73. The normalized spacial score (nSPS) is 15.8. The number of ether oxygens (including phenoxy) is 1. The lowest BCUT2D eigenvalue weighted by molar-refractivity contribution is -0.130. The third-order valence-corrected chi connectivity index (χ3v) is 5.13. The summed E-state index contributed by atoms with van der Waals surface area (Å²) in [6.07, 6.45) is 4.58. The van der Waals surface area contributed by atoms with E-state index >= 15 is 0 Å². The Labute approximate surface area is 162 Å². The molecule has 1 saturated heterocycles. The van der Waals surface area contributed by atoms with Crippen LogP contribution in [-0.2, 0) is 9.59 Å². The maximum atomic E-state index is 12.5. The maximum Gasteiger partial charge on any atom is 0.259 e. The predicted molar refractivity (Wildman–Crippen MR) is 107 cm³/mol. The van der Waals surface area contributed by atoms with Crippen molar-refractivity contribution in [3.8, 4) is 5.75 Å². The second kappa shape index (κ2) is 10.9. The summed E-state index contributed by atoms with van der Waals surface area (Å²) in [5, 5.41) is 6.50. The van der Waals surface area contributed by atoms with Crippen molar-refractivity contribution in [2.75, 3.05) is 33.8 Å². The molecule has 150 valence electrons. The van der Waals surface area contributed by atoms with Gasteiger partial charge in [0.2, 0.25) is 5.91 Å². The molecule has 1 heterocycles. The first-order valence-electron chi connectivity index (χ1n) is 9.93. The third kappa shape index (κ3) is 6.86. The van der Waals surface area contributed by atoms with Crippen LogP contribution in [0.5, 0.6) is 5.75 Å². The van der Waals surface area contributed by atoms with Crippen LogP contribution in [0.2, 0.25) is 0 Å². The molecule has 2 rings (SSSR count). The van der Waals surface area contributed by atoms with Crippen LogP contribution >= 0.6 is 0 Å². The number of nitrogens with zero attached hydrogens (tertiary/aromatic N) is 1. The van der Waals surface area contributed by atoms with E-state index in [9.17, 15) is 9.59 Å². The molecular weight excluding hydrogens is 342 g/mol. The van der Waals surface area contributed by atoms with Crippen molar-refractivity contribution >= 4 is 11.8 Å². The minimum atomic E-state index is -0.115. The van der Waals surface area contributed by atoms with E-state index in [2.05, 4.69) is 10.6 Å². The first kappa shape index (κ1) is 21.2. The highest BCUT2D eigenvalue weighted by molar-refractivity contribution is 5.77. The van der Waals surface area contributed by atoms with Gasteiger partial charge in [0, 0.05) is 26.1 Å². The van der Waals surface area contributed by atoms with Gasteiger partial charge in [0.1, 0.15) is 5.75 Å². The lowest BCUT2D eigenvalue weighted by atomic mass is 9.93. The molecule has 1 atom stereocenters. The van der Waals surface area contributed by atoms with Gasteiger partial charge in [-0.15, -0.1) is 0 Å². The summed E-state index contributed by atoms with van der Waals surface area (Å²) in [5.74, 6) is 1.28. The minimum Gasteiger partial charge on any atom is -0.483 e. The van der Waals surface area contributed by atoms with Crippen LogP contribution in [0.25, 0.3) is 0 Å². The fraction of sp³-hybridized carbons (Fsp3) is 0.619. The molecule has 1 unspecified atom stereocenters. The Balaban J connectivity index is 1.93. The van der Waals surface area contributed by atoms with Gasteiger partial charge < -0.3 is 20.3 Å². The number of piperidine rings is 1. The van der Waals surface area contributed by atoms with Crippen molar-refractivity contribution in [2.45, 2.75) is 45.1 Å². The van der Waals surface area contributed by atoms with Crippen LogP contribution in [0.4, 0.5) is 0 Å². The predicted octanol–water partition coefficient (Wildman–Crippen LogP) is 2.50. The summed E-state index contributed by atoms with van der Waals surface area (Å²) >= 11 is 0. The van der Waals surface area contributed by atoms with Crippen molar-refractivity contribution in [1.29, 1.82) is 0 Å². The molecular formula is C21H33N3O3. The Morgan fingerprint density at radius 1 is 1.26 bits per heavy atom. The molecule has 2 amide bonds. The van der Waals surface area contributed by atoms with Gasteiger partial charge >= 0.3 is 0 Å². The van der Waals surface area contributed by atoms with Crippen LogP contribution in [0.15, 0.2) is 24.3 Å². The molecule has 1 aliphatic rings. The van der Waals surface area contributed by atoms with Crippen molar-refractivity contribution in [2.24, 2.45) is 5.92 Å². The highest BCUT2D eigenvalue weighted by Crippen LogP contribution is 2.27. The SMILES string of the molecule is CCC(NC(=O)CCC1CCNCC1)c1ccccc1OCC(=O)N(C)C. The van der Waals surface area contributed by atoms with Crippen LogP contribution in [-0.4, -0.2) is 50.5 Å². The minimum absolute atomic E-state index is 0.00981. The van der Waals surface area contributed by atoms with E-state index in [4.69, 9.17) is 4.74 Å². The number of carbonyl (C=O) groups is 2. The molecule has 0 bridgehead atoms. The molecule has 27 heavy (non-hydrogen) atoms. The lowest BCUT2D eigenvalue weighted by Crippen LogP contribution is -2.31. The standard InChI is InChI=1S/C21H33N3O3/c1-4-18(23-20(25)10-9-16-11-13-22-14-12-16)17-7-5-6-8-19(17)27-15-21(26)24(2)3/h5-8,16,18,22H,4,9-15H2,1-3H3,(H,23,25). The number of carbonyl (C=O) groups excluding carboxylic acids is 2. The Morgan fingerprint density at radius 3 is 2.63 bits per heavy atom. The summed E-state index contributed by atoms with van der Waals surface area (Å²) in [7, 11) is 3.41. The summed E-state index contributed by atoms with van der Waals surface area (Å²) in [5.41, 5.74) is 0.918. The molecule has 6 nitrogen and oxygen atoms in total. The second-order valence-corrected chi connectivity index (χ2v) is 7.38. The number of para-hydroxylation sites is 1. The first-order valence-corrected chi connectivity index (χ1v) is 9.93. The molecule has 1 aromatic carbocycles. The maximum absolute atomic E-state index is 12.5. The van der Waals surface area contributed by atoms with Crippen LogP contribution < -0.4 is 15.4 Å². The molecule has 0 spiro atoms. The summed E-state index contributed by atoms with van der Waals surface area (Å²) in [4.78, 5) is 25.8.